The van der Waals surface area contributed by atoms with Crippen molar-refractivity contribution in [3.8, 4) is 0 Å². The van der Waals surface area contributed by atoms with Crippen LogP contribution in [-0.4, -0.2) is 19.8 Å². The number of rotatable bonds is 3. The summed E-state index contributed by atoms with van der Waals surface area (Å²) in [7, 11) is 0. The molecule has 1 aliphatic rings. The van der Waals surface area contributed by atoms with Crippen LogP contribution in [0.2, 0.25) is 0 Å². The molecule has 1 aliphatic heterocycles. The molecule has 4 N–H and O–H groups in total. The van der Waals surface area contributed by atoms with Gasteiger partial charge in [0.1, 0.15) is 0 Å². The van der Waals surface area contributed by atoms with E-state index in [-0.39, 0.29) is 5.41 Å². The SMILES string of the molecule is NCC1(C(N)c2ccc(F)c(F)c2)COC1. The number of ether oxygens (including phenoxy) is 1. The summed E-state index contributed by atoms with van der Waals surface area (Å²) < 4.78 is 30.9. The number of halogens is 2. The van der Waals surface area contributed by atoms with Gasteiger partial charge in [-0.1, -0.05) is 6.07 Å². The molecule has 0 saturated carbocycles. The normalized spacial score (nSPS) is 20.2. The fraction of sp³-hybridized carbons (Fsp3) is 0.455. The molecule has 1 aromatic rings. The van der Waals surface area contributed by atoms with Crippen LogP contribution in [0.15, 0.2) is 18.2 Å². The van der Waals surface area contributed by atoms with Gasteiger partial charge in [-0.15, -0.1) is 0 Å². The Labute approximate surface area is 92.4 Å². The third-order valence-corrected chi connectivity index (χ3v) is 3.15. The maximum Gasteiger partial charge on any atom is 0.159 e. The standard InChI is InChI=1S/C11H14F2N2O/c12-8-2-1-7(3-9(8)13)10(15)11(4-14)5-16-6-11/h1-3,10H,4-6,14-15H2. The molecule has 5 heteroatoms. The average Bonchev–Trinajstić information content (AvgIpc) is 2.21. The lowest BCUT2D eigenvalue weighted by Crippen LogP contribution is -2.54. The summed E-state index contributed by atoms with van der Waals surface area (Å²) in [5.41, 5.74) is 11.9. The van der Waals surface area contributed by atoms with Crippen molar-refractivity contribution in [1.29, 1.82) is 0 Å². The summed E-state index contributed by atoms with van der Waals surface area (Å²) in [6.45, 7) is 1.29. The first-order valence-electron chi connectivity index (χ1n) is 5.07. The van der Waals surface area contributed by atoms with E-state index < -0.39 is 17.7 Å². The summed E-state index contributed by atoms with van der Waals surface area (Å²) in [5, 5.41) is 0. The molecule has 0 amide bonds. The Morgan fingerprint density at radius 1 is 1.31 bits per heavy atom. The van der Waals surface area contributed by atoms with Crippen molar-refractivity contribution in [2.75, 3.05) is 19.8 Å². The summed E-state index contributed by atoms with van der Waals surface area (Å²) in [4.78, 5) is 0. The maximum absolute atomic E-state index is 13.1. The van der Waals surface area contributed by atoms with E-state index in [1.165, 1.54) is 6.07 Å². The summed E-state index contributed by atoms with van der Waals surface area (Å²) in [6, 6.07) is 3.25. The van der Waals surface area contributed by atoms with E-state index in [1.807, 2.05) is 0 Å². The van der Waals surface area contributed by atoms with Crippen LogP contribution in [0, 0.1) is 17.0 Å². The topological polar surface area (TPSA) is 61.3 Å². The highest BCUT2D eigenvalue weighted by Gasteiger charge is 2.43. The van der Waals surface area contributed by atoms with E-state index in [4.69, 9.17) is 16.2 Å². The van der Waals surface area contributed by atoms with Gasteiger partial charge in [0.15, 0.2) is 11.6 Å². The molecule has 0 bridgehead atoms. The third kappa shape index (κ3) is 1.71. The molecule has 88 valence electrons. The minimum absolute atomic E-state index is 0.343. The summed E-state index contributed by atoms with van der Waals surface area (Å²) in [5.74, 6) is -1.76. The van der Waals surface area contributed by atoms with Gasteiger partial charge in [-0.05, 0) is 17.7 Å². The first kappa shape index (κ1) is 11.4. The van der Waals surface area contributed by atoms with Crippen molar-refractivity contribution in [2.45, 2.75) is 6.04 Å². The van der Waals surface area contributed by atoms with Gasteiger partial charge < -0.3 is 16.2 Å². The minimum atomic E-state index is -0.889. The van der Waals surface area contributed by atoms with Crippen molar-refractivity contribution in [2.24, 2.45) is 16.9 Å². The van der Waals surface area contributed by atoms with Crippen molar-refractivity contribution in [3.05, 3.63) is 35.4 Å². The van der Waals surface area contributed by atoms with Gasteiger partial charge >= 0.3 is 0 Å². The number of benzene rings is 1. The smallest absolute Gasteiger partial charge is 0.159 e. The first-order chi connectivity index (χ1) is 7.59. The summed E-state index contributed by atoms with van der Waals surface area (Å²) in [6.07, 6.45) is 0. The second-order valence-electron chi connectivity index (χ2n) is 4.21. The highest BCUT2D eigenvalue weighted by atomic mass is 19.2. The number of hydrogen-bond acceptors (Lipinski definition) is 3. The Morgan fingerprint density at radius 2 is 2.00 bits per heavy atom. The van der Waals surface area contributed by atoms with Crippen LogP contribution in [0.3, 0.4) is 0 Å². The minimum Gasteiger partial charge on any atom is -0.380 e. The molecular weight excluding hydrogens is 214 g/mol. The van der Waals surface area contributed by atoms with E-state index in [1.54, 1.807) is 0 Å². The van der Waals surface area contributed by atoms with E-state index in [0.29, 0.717) is 25.3 Å². The zero-order chi connectivity index (χ0) is 11.8. The van der Waals surface area contributed by atoms with Crippen LogP contribution >= 0.6 is 0 Å². The molecule has 1 aromatic carbocycles. The van der Waals surface area contributed by atoms with Gasteiger partial charge in [-0.25, -0.2) is 8.78 Å². The zero-order valence-corrected chi connectivity index (χ0v) is 8.75. The molecule has 0 aromatic heterocycles. The summed E-state index contributed by atoms with van der Waals surface area (Å²) >= 11 is 0. The molecule has 3 nitrogen and oxygen atoms in total. The lowest BCUT2D eigenvalue weighted by Gasteiger charge is -2.45. The first-order valence-corrected chi connectivity index (χ1v) is 5.07. The fourth-order valence-corrected chi connectivity index (χ4v) is 1.85. The van der Waals surface area contributed by atoms with Crippen LogP contribution in [0.4, 0.5) is 8.78 Å². The van der Waals surface area contributed by atoms with E-state index in [2.05, 4.69) is 0 Å². The highest BCUT2D eigenvalue weighted by Crippen LogP contribution is 2.38. The van der Waals surface area contributed by atoms with Crippen molar-refractivity contribution >= 4 is 0 Å². The third-order valence-electron chi connectivity index (χ3n) is 3.15. The predicted molar refractivity (Wildman–Crippen MR) is 55.6 cm³/mol. The monoisotopic (exact) mass is 228 g/mol. The van der Waals surface area contributed by atoms with E-state index >= 15 is 0 Å². The van der Waals surface area contributed by atoms with Gasteiger partial charge in [-0.2, -0.15) is 0 Å². The molecule has 1 atom stereocenters. The van der Waals surface area contributed by atoms with Crippen LogP contribution in [0.25, 0.3) is 0 Å². The second kappa shape index (κ2) is 4.08. The molecule has 1 unspecified atom stereocenters. The Balaban J connectivity index is 2.26. The van der Waals surface area contributed by atoms with Crippen LogP contribution in [0.1, 0.15) is 11.6 Å². The molecule has 1 saturated heterocycles. The van der Waals surface area contributed by atoms with E-state index in [9.17, 15) is 8.78 Å². The Kier molecular flexibility index (Phi) is 2.92. The maximum atomic E-state index is 13.1. The Morgan fingerprint density at radius 3 is 2.44 bits per heavy atom. The van der Waals surface area contributed by atoms with Gasteiger partial charge in [0.25, 0.3) is 0 Å². The fourth-order valence-electron chi connectivity index (χ4n) is 1.85. The van der Waals surface area contributed by atoms with Gasteiger partial charge in [-0.3, -0.25) is 0 Å². The number of hydrogen-bond donors (Lipinski definition) is 2. The van der Waals surface area contributed by atoms with Crippen LogP contribution < -0.4 is 11.5 Å². The van der Waals surface area contributed by atoms with Gasteiger partial charge in [0, 0.05) is 18.0 Å². The second-order valence-corrected chi connectivity index (χ2v) is 4.21. The zero-order valence-electron chi connectivity index (χ0n) is 8.75. The largest absolute Gasteiger partial charge is 0.380 e. The van der Waals surface area contributed by atoms with E-state index in [0.717, 1.165) is 12.1 Å². The lowest BCUT2D eigenvalue weighted by atomic mass is 9.76. The molecule has 1 heterocycles. The van der Waals surface area contributed by atoms with Crippen LogP contribution in [0.5, 0.6) is 0 Å². The quantitative estimate of drug-likeness (QED) is 0.809. The molecule has 2 rings (SSSR count). The molecule has 1 fully saturated rings. The highest BCUT2D eigenvalue weighted by molar-refractivity contribution is 5.24. The average molecular weight is 228 g/mol. The van der Waals surface area contributed by atoms with Crippen molar-refractivity contribution < 1.29 is 13.5 Å². The van der Waals surface area contributed by atoms with Crippen molar-refractivity contribution in [1.82, 2.24) is 0 Å². The van der Waals surface area contributed by atoms with Gasteiger partial charge in [0.05, 0.1) is 13.2 Å². The van der Waals surface area contributed by atoms with Crippen molar-refractivity contribution in [3.63, 3.8) is 0 Å². The van der Waals surface area contributed by atoms with Crippen LogP contribution in [-0.2, 0) is 4.74 Å². The molecule has 0 radical (unpaired) electrons. The van der Waals surface area contributed by atoms with Gasteiger partial charge in [0.2, 0.25) is 0 Å². The molecule has 16 heavy (non-hydrogen) atoms. The molecule has 0 spiro atoms. The molecular formula is C11H14F2N2O. The lowest BCUT2D eigenvalue weighted by molar-refractivity contribution is -0.121. The molecule has 0 aliphatic carbocycles. The Bertz CT molecular complexity index is 388. The number of nitrogens with two attached hydrogens (primary N) is 2. The predicted octanol–water partition coefficient (Wildman–Crippen LogP) is 0.940. The Hall–Kier alpha value is -1.04.